The van der Waals surface area contributed by atoms with Crippen molar-refractivity contribution in [1.29, 1.82) is 0 Å². The van der Waals surface area contributed by atoms with Gasteiger partial charge in [-0.2, -0.15) is 9.36 Å². The Morgan fingerprint density at radius 3 is 2.44 bits per heavy atom. The monoisotopic (exact) mass is 367 g/mol. The maximum atomic E-state index is 12.3. The fourth-order valence-corrected chi connectivity index (χ4v) is 2.46. The quantitative estimate of drug-likeness (QED) is 0.573. The van der Waals surface area contributed by atoms with Crippen LogP contribution in [-0.2, 0) is 22.7 Å². The third-order valence-corrected chi connectivity index (χ3v) is 3.83. The highest BCUT2D eigenvalue weighted by atomic mass is 16.5. The van der Waals surface area contributed by atoms with E-state index in [0.29, 0.717) is 31.9 Å². The Kier molecular flexibility index (Phi) is 6.48. The summed E-state index contributed by atoms with van der Waals surface area (Å²) in [4.78, 5) is 24.2. The number of rotatable bonds is 9. The zero-order chi connectivity index (χ0) is 18.9. The van der Waals surface area contributed by atoms with Gasteiger partial charge in [-0.1, -0.05) is 48.5 Å². The zero-order valence-electron chi connectivity index (χ0n) is 14.8. The van der Waals surface area contributed by atoms with Crippen LogP contribution in [0.3, 0.4) is 0 Å². The Balaban J connectivity index is 1.38. The van der Waals surface area contributed by atoms with E-state index < -0.39 is 5.69 Å². The second-order valence-electron chi connectivity index (χ2n) is 5.91. The Labute approximate surface area is 156 Å². The molecule has 0 radical (unpaired) electrons. The molecule has 0 aliphatic rings. The third kappa shape index (κ3) is 5.35. The lowest BCUT2D eigenvalue weighted by Crippen LogP contribution is -2.34. The highest BCUT2D eigenvalue weighted by Crippen LogP contribution is 2.01. The first-order valence-electron chi connectivity index (χ1n) is 8.70. The minimum absolute atomic E-state index is 0.170. The van der Waals surface area contributed by atoms with Crippen molar-refractivity contribution in [2.45, 2.75) is 19.6 Å². The number of amides is 1. The number of ether oxygens (including phenoxy) is 1. The van der Waals surface area contributed by atoms with Crippen LogP contribution in [0, 0.1) is 0 Å². The molecule has 3 aromatic rings. The van der Waals surface area contributed by atoms with Crippen LogP contribution in [0.15, 0.2) is 65.5 Å². The molecule has 27 heavy (non-hydrogen) atoms. The number of hydrogen-bond donors (Lipinski definition) is 1. The first kappa shape index (κ1) is 18.5. The summed E-state index contributed by atoms with van der Waals surface area (Å²) in [5, 5.41) is 10.3. The number of nitrogens with zero attached hydrogens (tertiary/aromatic N) is 4. The van der Waals surface area contributed by atoms with Crippen LogP contribution in [0.1, 0.15) is 12.0 Å². The van der Waals surface area contributed by atoms with E-state index in [4.69, 9.17) is 4.74 Å². The smallest absolute Gasteiger partial charge is 0.368 e. The lowest BCUT2D eigenvalue weighted by Gasteiger charge is -2.06. The average molecular weight is 367 g/mol. The van der Waals surface area contributed by atoms with Crippen LogP contribution >= 0.6 is 0 Å². The van der Waals surface area contributed by atoms with E-state index in [-0.39, 0.29) is 12.5 Å². The van der Waals surface area contributed by atoms with Crippen molar-refractivity contribution in [3.8, 4) is 5.69 Å². The van der Waals surface area contributed by atoms with Gasteiger partial charge in [0.15, 0.2) is 0 Å². The molecule has 0 aliphatic heterocycles. The van der Waals surface area contributed by atoms with Crippen molar-refractivity contribution in [2.24, 2.45) is 0 Å². The fraction of sp³-hybridized carbons (Fsp3) is 0.263. The number of hydrogen-bond acceptors (Lipinski definition) is 5. The number of aromatic nitrogens is 4. The number of tetrazole rings is 1. The minimum Gasteiger partial charge on any atom is -0.377 e. The van der Waals surface area contributed by atoms with Crippen LogP contribution in [0.25, 0.3) is 5.69 Å². The number of carbonyl (C=O) groups excluding carboxylic acids is 1. The minimum atomic E-state index is -0.456. The molecular formula is C19H21N5O3. The summed E-state index contributed by atoms with van der Waals surface area (Å²) >= 11 is 0. The molecule has 3 rings (SSSR count). The van der Waals surface area contributed by atoms with E-state index in [0.717, 1.165) is 14.9 Å². The molecule has 0 aliphatic carbocycles. The summed E-state index contributed by atoms with van der Waals surface area (Å²) in [5.41, 5.74) is 1.26. The number of para-hydroxylation sites is 1. The molecule has 1 aromatic heterocycles. The highest BCUT2D eigenvalue weighted by Gasteiger charge is 2.11. The van der Waals surface area contributed by atoms with Crippen molar-refractivity contribution in [3.63, 3.8) is 0 Å². The molecule has 8 heteroatoms. The molecule has 1 heterocycles. The average Bonchev–Trinajstić information content (AvgIpc) is 3.06. The predicted octanol–water partition coefficient (Wildman–Crippen LogP) is 1.15. The second-order valence-corrected chi connectivity index (χ2v) is 5.91. The largest absolute Gasteiger partial charge is 0.377 e. The SMILES string of the molecule is O=C(Cn1nnn(-c2ccccc2)c1=O)NCCCOCc1ccccc1. The van der Waals surface area contributed by atoms with Gasteiger partial charge in [0.05, 0.1) is 12.3 Å². The second kappa shape index (κ2) is 9.44. The Morgan fingerprint density at radius 1 is 1.00 bits per heavy atom. The van der Waals surface area contributed by atoms with Gasteiger partial charge in [-0.25, -0.2) is 4.79 Å². The molecule has 140 valence electrons. The molecule has 0 fully saturated rings. The third-order valence-electron chi connectivity index (χ3n) is 3.83. The molecule has 1 amide bonds. The van der Waals surface area contributed by atoms with Crippen LogP contribution in [0.4, 0.5) is 0 Å². The van der Waals surface area contributed by atoms with Crippen LogP contribution < -0.4 is 11.0 Å². The zero-order valence-corrected chi connectivity index (χ0v) is 14.8. The fourth-order valence-electron chi connectivity index (χ4n) is 2.46. The van der Waals surface area contributed by atoms with Crippen molar-refractivity contribution in [3.05, 3.63) is 76.7 Å². The summed E-state index contributed by atoms with van der Waals surface area (Å²) in [7, 11) is 0. The first-order valence-corrected chi connectivity index (χ1v) is 8.70. The molecular weight excluding hydrogens is 346 g/mol. The maximum absolute atomic E-state index is 12.3. The molecule has 0 saturated carbocycles. The van der Waals surface area contributed by atoms with Gasteiger partial charge < -0.3 is 10.1 Å². The lowest BCUT2D eigenvalue weighted by molar-refractivity contribution is -0.121. The first-order chi connectivity index (χ1) is 13.2. The van der Waals surface area contributed by atoms with Gasteiger partial charge in [-0.3, -0.25) is 4.79 Å². The summed E-state index contributed by atoms with van der Waals surface area (Å²) in [6, 6.07) is 18.8. The van der Waals surface area contributed by atoms with E-state index in [9.17, 15) is 9.59 Å². The van der Waals surface area contributed by atoms with Crippen LogP contribution in [0.5, 0.6) is 0 Å². The van der Waals surface area contributed by atoms with Crippen molar-refractivity contribution < 1.29 is 9.53 Å². The van der Waals surface area contributed by atoms with E-state index in [1.54, 1.807) is 24.3 Å². The summed E-state index contributed by atoms with van der Waals surface area (Å²) < 4.78 is 7.75. The highest BCUT2D eigenvalue weighted by molar-refractivity contribution is 5.75. The Morgan fingerprint density at radius 2 is 1.70 bits per heavy atom. The van der Waals surface area contributed by atoms with E-state index in [1.807, 2.05) is 36.4 Å². The van der Waals surface area contributed by atoms with Crippen molar-refractivity contribution in [1.82, 2.24) is 25.1 Å². The van der Waals surface area contributed by atoms with Crippen molar-refractivity contribution in [2.75, 3.05) is 13.2 Å². The van der Waals surface area contributed by atoms with Gasteiger partial charge in [0.2, 0.25) is 5.91 Å². The van der Waals surface area contributed by atoms with Gasteiger partial charge in [0, 0.05) is 13.2 Å². The van der Waals surface area contributed by atoms with Gasteiger partial charge in [0.1, 0.15) is 6.54 Å². The van der Waals surface area contributed by atoms with Gasteiger partial charge >= 0.3 is 5.69 Å². The molecule has 0 saturated heterocycles. The molecule has 2 aromatic carbocycles. The van der Waals surface area contributed by atoms with E-state index in [1.165, 1.54) is 0 Å². The summed E-state index contributed by atoms with van der Waals surface area (Å²) in [5.74, 6) is -0.291. The molecule has 8 nitrogen and oxygen atoms in total. The summed E-state index contributed by atoms with van der Waals surface area (Å²) in [6.07, 6.45) is 0.685. The molecule has 0 unspecified atom stereocenters. The van der Waals surface area contributed by atoms with E-state index in [2.05, 4.69) is 15.7 Å². The Hall–Kier alpha value is -3.26. The number of carbonyl (C=O) groups is 1. The lowest BCUT2D eigenvalue weighted by atomic mass is 10.2. The van der Waals surface area contributed by atoms with Gasteiger partial charge in [-0.15, -0.1) is 0 Å². The number of benzene rings is 2. The summed E-state index contributed by atoms with van der Waals surface area (Å²) in [6.45, 7) is 1.39. The topological polar surface area (TPSA) is 91.0 Å². The van der Waals surface area contributed by atoms with Gasteiger partial charge in [-0.05, 0) is 34.5 Å². The molecule has 0 bridgehead atoms. The molecule has 1 N–H and O–H groups in total. The van der Waals surface area contributed by atoms with Crippen LogP contribution in [-0.4, -0.2) is 38.8 Å². The normalized spacial score (nSPS) is 10.7. The Bertz CT molecular complexity index is 906. The van der Waals surface area contributed by atoms with E-state index >= 15 is 0 Å². The standard InChI is InChI=1S/C19H21N5O3/c25-18(20-12-7-13-27-15-16-8-3-1-4-9-16)14-23-19(26)24(22-21-23)17-10-5-2-6-11-17/h1-6,8-11H,7,12-15H2,(H,20,25). The maximum Gasteiger partial charge on any atom is 0.368 e. The van der Waals surface area contributed by atoms with Crippen molar-refractivity contribution >= 4 is 5.91 Å². The predicted molar refractivity (Wildman–Crippen MR) is 99.3 cm³/mol. The molecule has 0 spiro atoms. The van der Waals surface area contributed by atoms with Crippen LogP contribution in [0.2, 0.25) is 0 Å². The molecule has 0 atom stereocenters. The number of nitrogens with one attached hydrogen (secondary N) is 1. The van der Waals surface area contributed by atoms with Gasteiger partial charge in [0.25, 0.3) is 0 Å².